The van der Waals surface area contributed by atoms with E-state index in [4.69, 9.17) is 9.15 Å². The minimum atomic E-state index is -0.137. The van der Waals surface area contributed by atoms with Gasteiger partial charge in [-0.3, -0.25) is 4.79 Å². The number of fused-ring (bicyclic) bond motifs is 3. The van der Waals surface area contributed by atoms with E-state index in [-0.39, 0.29) is 17.9 Å². The predicted octanol–water partition coefficient (Wildman–Crippen LogP) is 3.47. The Balaban J connectivity index is 1.42. The number of para-hydroxylation sites is 3. The van der Waals surface area contributed by atoms with E-state index in [2.05, 4.69) is 45.4 Å². The van der Waals surface area contributed by atoms with Crippen molar-refractivity contribution in [3.05, 3.63) is 78.3 Å². The lowest BCUT2D eigenvalue weighted by molar-refractivity contribution is -0.126. The SMILES string of the molecule is COc1ccccc1N1CCN2c3ccccc3CC(C(=O)NCc3ccco3)C2C1. The van der Waals surface area contributed by atoms with Crippen LogP contribution >= 0.6 is 0 Å². The number of nitrogens with zero attached hydrogens (tertiary/aromatic N) is 2. The highest BCUT2D eigenvalue weighted by atomic mass is 16.5. The average Bonchev–Trinajstić information content (AvgIpc) is 3.35. The van der Waals surface area contributed by atoms with E-state index in [0.29, 0.717) is 6.54 Å². The number of rotatable bonds is 5. The van der Waals surface area contributed by atoms with Crippen LogP contribution in [0, 0.1) is 5.92 Å². The number of nitrogens with one attached hydrogen (secondary N) is 1. The van der Waals surface area contributed by atoms with E-state index in [9.17, 15) is 4.79 Å². The maximum atomic E-state index is 13.3. The van der Waals surface area contributed by atoms with Gasteiger partial charge in [0.25, 0.3) is 0 Å². The molecule has 1 saturated heterocycles. The number of ether oxygens (including phenoxy) is 1. The lowest BCUT2D eigenvalue weighted by Crippen LogP contribution is -2.61. The van der Waals surface area contributed by atoms with E-state index in [1.54, 1.807) is 13.4 Å². The Hall–Kier alpha value is -3.41. The fraction of sp³-hybridized carbons (Fsp3) is 0.320. The fourth-order valence-corrected chi connectivity index (χ4v) is 4.89. The van der Waals surface area contributed by atoms with Crippen LogP contribution in [-0.2, 0) is 17.8 Å². The third-order valence-corrected chi connectivity index (χ3v) is 6.40. The van der Waals surface area contributed by atoms with Gasteiger partial charge in [0, 0.05) is 25.3 Å². The largest absolute Gasteiger partial charge is 0.495 e. The molecular weight excluding hydrogens is 390 g/mol. The minimum Gasteiger partial charge on any atom is -0.495 e. The van der Waals surface area contributed by atoms with E-state index in [1.165, 1.54) is 11.3 Å². The molecule has 1 N–H and O–H groups in total. The van der Waals surface area contributed by atoms with Crippen molar-refractivity contribution in [2.45, 2.75) is 19.0 Å². The summed E-state index contributed by atoms with van der Waals surface area (Å²) in [5.41, 5.74) is 3.57. The lowest BCUT2D eigenvalue weighted by Gasteiger charge is -2.49. The average molecular weight is 418 g/mol. The van der Waals surface area contributed by atoms with Crippen LogP contribution in [0.15, 0.2) is 71.3 Å². The van der Waals surface area contributed by atoms with Gasteiger partial charge in [-0.15, -0.1) is 0 Å². The number of carbonyl (C=O) groups is 1. The molecule has 0 bridgehead atoms. The van der Waals surface area contributed by atoms with Gasteiger partial charge in [-0.1, -0.05) is 30.3 Å². The normalized spacial score (nSPS) is 20.0. The van der Waals surface area contributed by atoms with E-state index in [1.807, 2.05) is 30.3 Å². The summed E-state index contributed by atoms with van der Waals surface area (Å²) in [6.07, 6.45) is 2.37. The summed E-state index contributed by atoms with van der Waals surface area (Å²) in [4.78, 5) is 18.1. The Morgan fingerprint density at radius 1 is 1.06 bits per heavy atom. The second kappa shape index (κ2) is 8.38. The molecule has 31 heavy (non-hydrogen) atoms. The van der Waals surface area contributed by atoms with Gasteiger partial charge < -0.3 is 24.3 Å². The number of hydrogen-bond donors (Lipinski definition) is 1. The zero-order chi connectivity index (χ0) is 21.2. The summed E-state index contributed by atoms with van der Waals surface area (Å²) in [6.45, 7) is 2.92. The van der Waals surface area contributed by atoms with E-state index < -0.39 is 0 Å². The number of hydrogen-bond acceptors (Lipinski definition) is 5. The van der Waals surface area contributed by atoms with Crippen LogP contribution in [-0.4, -0.2) is 38.7 Å². The number of furan rings is 1. The van der Waals surface area contributed by atoms with Crippen molar-refractivity contribution < 1.29 is 13.9 Å². The standard InChI is InChI=1S/C25H27N3O3/c1-30-24-11-5-4-10-22(24)27-12-13-28-21-9-3-2-7-18(21)15-20(23(28)17-27)25(29)26-16-19-8-6-14-31-19/h2-11,14,20,23H,12-13,15-17H2,1H3,(H,26,29). The first-order valence-electron chi connectivity index (χ1n) is 10.8. The molecule has 0 spiro atoms. The van der Waals surface area contributed by atoms with Crippen molar-refractivity contribution in [2.75, 3.05) is 36.5 Å². The summed E-state index contributed by atoms with van der Waals surface area (Å²) in [5, 5.41) is 3.09. The zero-order valence-corrected chi connectivity index (χ0v) is 17.7. The number of amides is 1. The van der Waals surface area contributed by atoms with Crippen LogP contribution < -0.4 is 19.9 Å². The molecule has 3 aromatic rings. The van der Waals surface area contributed by atoms with Gasteiger partial charge in [-0.25, -0.2) is 0 Å². The molecule has 0 aliphatic carbocycles. The van der Waals surface area contributed by atoms with Crippen molar-refractivity contribution in [1.82, 2.24) is 5.32 Å². The molecule has 6 heteroatoms. The molecule has 2 atom stereocenters. The van der Waals surface area contributed by atoms with Crippen LogP contribution in [0.2, 0.25) is 0 Å². The Kier molecular flexibility index (Phi) is 5.28. The smallest absolute Gasteiger partial charge is 0.225 e. The van der Waals surface area contributed by atoms with Gasteiger partial charge in [-0.05, 0) is 42.3 Å². The Labute approximate surface area is 182 Å². The van der Waals surface area contributed by atoms with Crippen LogP contribution in [0.1, 0.15) is 11.3 Å². The number of carbonyl (C=O) groups excluding carboxylic acids is 1. The van der Waals surface area contributed by atoms with Crippen molar-refractivity contribution in [3.8, 4) is 5.75 Å². The molecule has 6 nitrogen and oxygen atoms in total. The third-order valence-electron chi connectivity index (χ3n) is 6.40. The Bertz CT molecular complexity index is 1050. The van der Waals surface area contributed by atoms with Gasteiger partial charge in [0.1, 0.15) is 11.5 Å². The molecule has 2 aliphatic heterocycles. The quantitative estimate of drug-likeness (QED) is 0.689. The summed E-state index contributed by atoms with van der Waals surface area (Å²) in [6, 6.07) is 20.4. The molecule has 2 aliphatic rings. The van der Waals surface area contributed by atoms with E-state index in [0.717, 1.165) is 43.3 Å². The molecule has 2 aromatic carbocycles. The first-order valence-corrected chi connectivity index (χ1v) is 10.8. The second-order valence-electron chi connectivity index (χ2n) is 8.12. The molecular formula is C25H27N3O3. The summed E-state index contributed by atoms with van der Waals surface area (Å²) in [5.74, 6) is 1.57. The lowest BCUT2D eigenvalue weighted by atomic mass is 9.83. The molecule has 1 aromatic heterocycles. The molecule has 160 valence electrons. The van der Waals surface area contributed by atoms with Crippen LogP contribution in [0.4, 0.5) is 11.4 Å². The Morgan fingerprint density at radius 3 is 2.68 bits per heavy atom. The van der Waals surface area contributed by atoms with Gasteiger partial charge in [0.05, 0.1) is 37.6 Å². The monoisotopic (exact) mass is 417 g/mol. The summed E-state index contributed by atoms with van der Waals surface area (Å²) < 4.78 is 11.0. The van der Waals surface area contributed by atoms with Gasteiger partial charge >= 0.3 is 0 Å². The van der Waals surface area contributed by atoms with Crippen LogP contribution in [0.3, 0.4) is 0 Å². The highest BCUT2D eigenvalue weighted by molar-refractivity contribution is 5.82. The maximum Gasteiger partial charge on any atom is 0.225 e. The minimum absolute atomic E-state index is 0.0720. The van der Waals surface area contributed by atoms with Gasteiger partial charge in [0.15, 0.2) is 0 Å². The highest BCUT2D eigenvalue weighted by Gasteiger charge is 2.41. The fourth-order valence-electron chi connectivity index (χ4n) is 4.89. The zero-order valence-electron chi connectivity index (χ0n) is 17.7. The molecule has 2 unspecified atom stereocenters. The maximum absolute atomic E-state index is 13.3. The van der Waals surface area contributed by atoms with Crippen molar-refractivity contribution in [1.29, 1.82) is 0 Å². The predicted molar refractivity (Wildman–Crippen MR) is 121 cm³/mol. The van der Waals surface area contributed by atoms with Gasteiger partial charge in [0.2, 0.25) is 5.91 Å². The first-order chi connectivity index (χ1) is 15.2. The number of methoxy groups -OCH3 is 1. The van der Waals surface area contributed by atoms with Crippen molar-refractivity contribution in [3.63, 3.8) is 0 Å². The number of piperazine rings is 1. The van der Waals surface area contributed by atoms with Crippen LogP contribution in [0.25, 0.3) is 0 Å². The van der Waals surface area contributed by atoms with Gasteiger partial charge in [-0.2, -0.15) is 0 Å². The van der Waals surface area contributed by atoms with Crippen molar-refractivity contribution in [2.24, 2.45) is 5.92 Å². The molecule has 0 radical (unpaired) electrons. The topological polar surface area (TPSA) is 58.0 Å². The molecule has 5 rings (SSSR count). The highest BCUT2D eigenvalue weighted by Crippen LogP contribution is 2.38. The third kappa shape index (κ3) is 3.74. The van der Waals surface area contributed by atoms with Crippen LogP contribution in [0.5, 0.6) is 5.75 Å². The van der Waals surface area contributed by atoms with Crippen molar-refractivity contribution >= 4 is 17.3 Å². The molecule has 1 fully saturated rings. The summed E-state index contributed by atoms with van der Waals surface area (Å²) >= 11 is 0. The number of anilines is 2. The van der Waals surface area contributed by atoms with E-state index >= 15 is 0 Å². The first kappa shape index (κ1) is 19.5. The number of benzene rings is 2. The summed E-state index contributed by atoms with van der Waals surface area (Å²) in [7, 11) is 1.71. The Morgan fingerprint density at radius 2 is 1.87 bits per heavy atom. The molecule has 1 amide bonds. The molecule has 3 heterocycles. The molecule has 0 saturated carbocycles. The second-order valence-corrected chi connectivity index (χ2v) is 8.12.